The van der Waals surface area contributed by atoms with Crippen LogP contribution < -0.4 is 10.1 Å². The van der Waals surface area contributed by atoms with E-state index in [9.17, 15) is 8.78 Å². The van der Waals surface area contributed by atoms with E-state index in [0.29, 0.717) is 18.7 Å². The summed E-state index contributed by atoms with van der Waals surface area (Å²) in [5, 5.41) is 3.21. The summed E-state index contributed by atoms with van der Waals surface area (Å²) in [7, 11) is 0. The molecule has 0 unspecified atom stereocenters. The van der Waals surface area contributed by atoms with Crippen molar-refractivity contribution in [3.8, 4) is 5.75 Å². The summed E-state index contributed by atoms with van der Waals surface area (Å²) in [5.41, 5.74) is 2.88. The number of hydrogen-bond donors (Lipinski definition) is 1. The van der Waals surface area contributed by atoms with Gasteiger partial charge in [0.25, 0.3) is 0 Å². The lowest BCUT2D eigenvalue weighted by Crippen LogP contribution is -2.15. The fourth-order valence-electron chi connectivity index (χ4n) is 1.91. The molecule has 0 bridgehead atoms. The van der Waals surface area contributed by atoms with Crippen molar-refractivity contribution in [2.45, 2.75) is 26.6 Å². The summed E-state index contributed by atoms with van der Waals surface area (Å²) < 4.78 is 30.1. The van der Waals surface area contributed by atoms with Crippen LogP contribution in [0.4, 0.5) is 8.78 Å². The van der Waals surface area contributed by atoms with Crippen LogP contribution >= 0.6 is 15.9 Å². The van der Waals surface area contributed by atoms with Crippen molar-refractivity contribution in [2.75, 3.05) is 0 Å². The van der Waals surface area contributed by atoms with Gasteiger partial charge in [0.05, 0.1) is 0 Å². The molecule has 1 aromatic carbocycles. The second kappa shape index (κ2) is 7.47. The summed E-state index contributed by atoms with van der Waals surface area (Å²) >= 11 is 3.33. The summed E-state index contributed by atoms with van der Waals surface area (Å²) in [6, 6.07) is 6.90. The molecule has 2 aromatic rings. The Hall–Kier alpha value is -1.53. The van der Waals surface area contributed by atoms with Crippen LogP contribution in [0.3, 0.4) is 0 Å². The molecule has 21 heavy (non-hydrogen) atoms. The van der Waals surface area contributed by atoms with Crippen molar-refractivity contribution in [3.05, 3.63) is 57.8 Å². The van der Waals surface area contributed by atoms with Crippen LogP contribution in [0.15, 0.2) is 41.1 Å². The predicted molar refractivity (Wildman–Crippen MR) is 80.3 cm³/mol. The van der Waals surface area contributed by atoms with Crippen LogP contribution in [0, 0.1) is 6.92 Å². The Balaban J connectivity index is 2.02. The number of halogens is 3. The first-order valence-corrected chi connectivity index (χ1v) is 7.19. The number of nitrogens with one attached hydrogen (secondary N) is 1. The number of hydrogen-bond acceptors (Lipinski definition) is 3. The monoisotopic (exact) mass is 356 g/mol. The zero-order valence-electron chi connectivity index (χ0n) is 11.4. The smallest absolute Gasteiger partial charge is 0.387 e. The molecule has 3 nitrogen and oxygen atoms in total. The molecule has 0 fully saturated rings. The van der Waals surface area contributed by atoms with E-state index in [1.807, 2.05) is 13.0 Å². The zero-order chi connectivity index (χ0) is 15.2. The number of rotatable bonds is 6. The molecule has 0 aliphatic heterocycles. The second-order valence-corrected chi connectivity index (χ2v) is 5.45. The number of aromatic nitrogens is 1. The highest BCUT2D eigenvalue weighted by Crippen LogP contribution is 2.24. The first-order chi connectivity index (χ1) is 10.1. The van der Waals surface area contributed by atoms with Crippen LogP contribution in [0.25, 0.3) is 0 Å². The average Bonchev–Trinajstić information content (AvgIpc) is 2.43. The summed E-state index contributed by atoms with van der Waals surface area (Å²) in [6.45, 7) is 0.213. The SMILES string of the molecule is Cc1ccncc1CNCc1cc(Br)ccc1OC(F)F. The molecule has 0 spiro atoms. The van der Waals surface area contributed by atoms with Gasteiger partial charge in [-0.25, -0.2) is 0 Å². The highest BCUT2D eigenvalue weighted by Gasteiger charge is 2.10. The maximum atomic E-state index is 12.4. The Morgan fingerprint density at radius 2 is 2.00 bits per heavy atom. The highest BCUT2D eigenvalue weighted by atomic mass is 79.9. The third-order valence-corrected chi connectivity index (χ3v) is 3.51. The summed E-state index contributed by atoms with van der Waals surface area (Å²) in [5.74, 6) is 0.184. The van der Waals surface area contributed by atoms with E-state index in [-0.39, 0.29) is 5.75 Å². The standard InChI is InChI=1S/C15H15BrF2N2O/c1-10-4-5-19-8-12(10)9-20-7-11-6-13(16)2-3-14(11)21-15(17)18/h2-6,8,15,20H,7,9H2,1H3. The minimum Gasteiger partial charge on any atom is -0.434 e. The molecule has 1 heterocycles. The van der Waals surface area contributed by atoms with Crippen LogP contribution in [0.2, 0.25) is 0 Å². The fourth-order valence-corrected chi connectivity index (χ4v) is 2.32. The van der Waals surface area contributed by atoms with Gasteiger partial charge < -0.3 is 10.1 Å². The van der Waals surface area contributed by atoms with Crippen molar-refractivity contribution in [1.82, 2.24) is 10.3 Å². The Morgan fingerprint density at radius 1 is 1.24 bits per heavy atom. The quantitative estimate of drug-likeness (QED) is 0.847. The van der Waals surface area contributed by atoms with E-state index in [2.05, 4.69) is 31.0 Å². The molecule has 0 aliphatic carbocycles. The molecular weight excluding hydrogens is 342 g/mol. The zero-order valence-corrected chi connectivity index (χ0v) is 13.0. The summed E-state index contributed by atoms with van der Waals surface area (Å²) in [6.07, 6.45) is 3.53. The van der Waals surface area contributed by atoms with Gasteiger partial charge in [0.1, 0.15) is 5.75 Å². The molecule has 1 aromatic heterocycles. The normalized spacial score (nSPS) is 10.9. The molecule has 0 radical (unpaired) electrons. The molecule has 112 valence electrons. The van der Waals surface area contributed by atoms with Crippen LogP contribution in [-0.2, 0) is 13.1 Å². The minimum atomic E-state index is -2.83. The van der Waals surface area contributed by atoms with Gasteiger partial charge in [0.15, 0.2) is 0 Å². The lowest BCUT2D eigenvalue weighted by molar-refractivity contribution is -0.0505. The highest BCUT2D eigenvalue weighted by molar-refractivity contribution is 9.10. The van der Waals surface area contributed by atoms with Gasteiger partial charge in [-0.2, -0.15) is 8.78 Å². The Kier molecular flexibility index (Phi) is 5.64. The van der Waals surface area contributed by atoms with E-state index in [4.69, 9.17) is 0 Å². The van der Waals surface area contributed by atoms with E-state index in [1.54, 1.807) is 24.5 Å². The lowest BCUT2D eigenvalue weighted by atomic mass is 10.1. The maximum absolute atomic E-state index is 12.4. The van der Waals surface area contributed by atoms with E-state index in [1.165, 1.54) is 6.07 Å². The van der Waals surface area contributed by atoms with Crippen molar-refractivity contribution >= 4 is 15.9 Å². The van der Waals surface area contributed by atoms with Gasteiger partial charge in [0.2, 0.25) is 0 Å². The largest absolute Gasteiger partial charge is 0.434 e. The Morgan fingerprint density at radius 3 is 2.71 bits per heavy atom. The molecule has 0 saturated carbocycles. The maximum Gasteiger partial charge on any atom is 0.387 e. The number of pyridine rings is 1. The molecule has 2 rings (SSSR count). The number of ether oxygens (including phenoxy) is 1. The van der Waals surface area contributed by atoms with Crippen molar-refractivity contribution < 1.29 is 13.5 Å². The van der Waals surface area contributed by atoms with Gasteiger partial charge in [-0.05, 0) is 42.3 Å². The van der Waals surface area contributed by atoms with Crippen LogP contribution in [-0.4, -0.2) is 11.6 Å². The summed E-state index contributed by atoms with van der Waals surface area (Å²) in [4.78, 5) is 4.07. The first-order valence-electron chi connectivity index (χ1n) is 6.39. The number of benzene rings is 1. The first kappa shape index (κ1) is 15.9. The Labute approximate surface area is 130 Å². The van der Waals surface area contributed by atoms with E-state index >= 15 is 0 Å². The van der Waals surface area contributed by atoms with Gasteiger partial charge in [0, 0.05) is 35.5 Å². The molecule has 0 amide bonds. The van der Waals surface area contributed by atoms with E-state index < -0.39 is 6.61 Å². The lowest BCUT2D eigenvalue weighted by Gasteiger charge is -2.12. The van der Waals surface area contributed by atoms with Gasteiger partial charge in [-0.3, -0.25) is 4.98 Å². The van der Waals surface area contributed by atoms with Gasteiger partial charge in [-0.1, -0.05) is 15.9 Å². The molecule has 0 aliphatic rings. The number of nitrogens with zero attached hydrogens (tertiary/aromatic N) is 1. The van der Waals surface area contributed by atoms with Crippen molar-refractivity contribution in [1.29, 1.82) is 0 Å². The van der Waals surface area contributed by atoms with Crippen LogP contribution in [0.5, 0.6) is 5.75 Å². The van der Waals surface area contributed by atoms with Gasteiger partial charge >= 0.3 is 6.61 Å². The van der Waals surface area contributed by atoms with E-state index in [0.717, 1.165) is 15.6 Å². The average molecular weight is 357 g/mol. The molecule has 0 atom stereocenters. The Bertz CT molecular complexity index is 608. The van der Waals surface area contributed by atoms with Gasteiger partial charge in [-0.15, -0.1) is 0 Å². The third-order valence-electron chi connectivity index (χ3n) is 3.02. The number of aryl methyl sites for hydroxylation is 1. The topological polar surface area (TPSA) is 34.2 Å². The van der Waals surface area contributed by atoms with Crippen molar-refractivity contribution in [3.63, 3.8) is 0 Å². The minimum absolute atomic E-state index is 0.184. The molecule has 1 N–H and O–H groups in total. The predicted octanol–water partition coefficient (Wildman–Crippen LogP) is 4.04. The second-order valence-electron chi connectivity index (χ2n) is 4.54. The fraction of sp³-hybridized carbons (Fsp3) is 0.267. The molecular formula is C15H15BrF2N2O. The number of alkyl halides is 2. The molecule has 6 heteroatoms. The third kappa shape index (κ3) is 4.75. The van der Waals surface area contributed by atoms with Crippen molar-refractivity contribution in [2.24, 2.45) is 0 Å². The van der Waals surface area contributed by atoms with Crippen LogP contribution in [0.1, 0.15) is 16.7 Å². The molecule has 0 saturated heterocycles.